The zero-order valence-corrected chi connectivity index (χ0v) is 15.6. The van der Waals surface area contributed by atoms with Crippen molar-refractivity contribution in [2.75, 3.05) is 11.4 Å². The molecule has 0 unspecified atom stereocenters. The lowest BCUT2D eigenvalue weighted by molar-refractivity contribution is -0.135. The second-order valence-electron chi connectivity index (χ2n) is 7.11. The molecule has 0 saturated heterocycles. The van der Waals surface area contributed by atoms with Gasteiger partial charge in [-0.25, -0.2) is 0 Å². The van der Waals surface area contributed by atoms with Crippen LogP contribution in [0.25, 0.3) is 0 Å². The maximum atomic E-state index is 13.0. The fraction of sp³-hybridized carbons (Fsp3) is 0.364. The Morgan fingerprint density at radius 2 is 1.88 bits per heavy atom. The third-order valence-electron chi connectivity index (χ3n) is 5.07. The molecule has 1 aliphatic rings. The smallest absolute Gasteiger partial charge is 0.264 e. The van der Waals surface area contributed by atoms with E-state index in [4.69, 9.17) is 0 Å². The van der Waals surface area contributed by atoms with Gasteiger partial charge in [-0.2, -0.15) is 0 Å². The van der Waals surface area contributed by atoms with Gasteiger partial charge in [0.1, 0.15) is 0 Å². The SMILES string of the molecule is CCCCN1C(=O)[C@](O)(CC(=O)c2ccc(C)cc2C)c2ccccc21. The van der Waals surface area contributed by atoms with E-state index in [-0.39, 0.29) is 12.2 Å². The van der Waals surface area contributed by atoms with Crippen LogP contribution in [0.3, 0.4) is 0 Å². The number of hydrogen-bond donors (Lipinski definition) is 1. The van der Waals surface area contributed by atoms with Crippen molar-refractivity contribution in [3.05, 3.63) is 64.7 Å². The highest BCUT2D eigenvalue weighted by Gasteiger charge is 2.50. The molecule has 1 heterocycles. The number of fused-ring (bicyclic) bond motifs is 1. The monoisotopic (exact) mass is 351 g/mol. The zero-order chi connectivity index (χ0) is 18.9. The Balaban J connectivity index is 1.95. The van der Waals surface area contributed by atoms with Gasteiger partial charge in [0.25, 0.3) is 5.91 Å². The maximum absolute atomic E-state index is 13.0. The Bertz CT molecular complexity index is 858. The topological polar surface area (TPSA) is 57.6 Å². The van der Waals surface area contributed by atoms with Crippen LogP contribution >= 0.6 is 0 Å². The van der Waals surface area contributed by atoms with E-state index in [1.54, 1.807) is 23.1 Å². The normalized spacial score (nSPS) is 18.9. The van der Waals surface area contributed by atoms with Crippen LogP contribution in [0.4, 0.5) is 5.69 Å². The number of hydrogen-bond acceptors (Lipinski definition) is 3. The Labute approximate surface area is 154 Å². The van der Waals surface area contributed by atoms with Crippen LogP contribution in [0, 0.1) is 13.8 Å². The van der Waals surface area contributed by atoms with Gasteiger partial charge in [0.05, 0.1) is 12.1 Å². The quantitative estimate of drug-likeness (QED) is 0.803. The highest BCUT2D eigenvalue weighted by atomic mass is 16.3. The Morgan fingerprint density at radius 1 is 1.15 bits per heavy atom. The summed E-state index contributed by atoms with van der Waals surface area (Å²) in [6, 6.07) is 12.8. The van der Waals surface area contributed by atoms with Gasteiger partial charge < -0.3 is 10.0 Å². The molecule has 1 aliphatic heterocycles. The van der Waals surface area contributed by atoms with Gasteiger partial charge in [0.2, 0.25) is 0 Å². The molecule has 1 amide bonds. The Hall–Kier alpha value is -2.46. The minimum atomic E-state index is -1.79. The summed E-state index contributed by atoms with van der Waals surface area (Å²) >= 11 is 0. The molecular weight excluding hydrogens is 326 g/mol. The fourth-order valence-corrected chi connectivity index (χ4v) is 3.67. The first-order valence-electron chi connectivity index (χ1n) is 9.12. The minimum absolute atomic E-state index is 0.217. The molecule has 0 saturated carbocycles. The number of Topliss-reactive ketones (excluding diaryl/α,β-unsaturated/α-hetero) is 1. The van der Waals surface area contributed by atoms with E-state index in [0.717, 1.165) is 24.0 Å². The van der Waals surface area contributed by atoms with Crippen molar-refractivity contribution in [1.82, 2.24) is 0 Å². The van der Waals surface area contributed by atoms with E-state index < -0.39 is 11.5 Å². The average Bonchev–Trinajstić information content (AvgIpc) is 2.81. The predicted molar refractivity (Wildman–Crippen MR) is 102 cm³/mol. The highest BCUT2D eigenvalue weighted by molar-refractivity contribution is 6.11. The molecule has 0 aliphatic carbocycles. The number of aryl methyl sites for hydroxylation is 2. The summed E-state index contributed by atoms with van der Waals surface area (Å²) < 4.78 is 0. The van der Waals surface area contributed by atoms with Gasteiger partial charge in [-0.15, -0.1) is 0 Å². The van der Waals surface area contributed by atoms with Crippen LogP contribution in [-0.2, 0) is 10.4 Å². The number of aliphatic hydroxyl groups is 1. The largest absolute Gasteiger partial charge is 0.375 e. The summed E-state index contributed by atoms with van der Waals surface area (Å²) in [4.78, 5) is 27.5. The van der Waals surface area contributed by atoms with Crippen LogP contribution in [-0.4, -0.2) is 23.3 Å². The number of rotatable bonds is 6. The number of para-hydroxylation sites is 1. The molecule has 0 bridgehead atoms. The molecular formula is C22H25NO3. The van der Waals surface area contributed by atoms with E-state index in [1.807, 2.05) is 38.1 Å². The standard InChI is InChI=1S/C22H25NO3/c1-4-5-12-23-19-9-7-6-8-18(19)22(26,21(23)25)14-20(24)17-11-10-15(2)13-16(17)3/h6-11,13,26H,4-5,12,14H2,1-3H3/t22-/m0/s1. The van der Waals surface area contributed by atoms with Gasteiger partial charge >= 0.3 is 0 Å². The lowest BCUT2D eigenvalue weighted by Gasteiger charge is -2.23. The van der Waals surface area contributed by atoms with E-state index in [0.29, 0.717) is 23.4 Å². The molecule has 2 aromatic rings. The molecule has 0 fully saturated rings. The molecule has 3 rings (SSSR count). The van der Waals surface area contributed by atoms with Crippen LogP contribution in [0.15, 0.2) is 42.5 Å². The van der Waals surface area contributed by atoms with Crippen molar-refractivity contribution in [1.29, 1.82) is 0 Å². The number of unbranched alkanes of at least 4 members (excludes halogenated alkanes) is 1. The first kappa shape index (κ1) is 18.3. The van der Waals surface area contributed by atoms with E-state index >= 15 is 0 Å². The summed E-state index contributed by atoms with van der Waals surface area (Å²) in [7, 11) is 0. The summed E-state index contributed by atoms with van der Waals surface area (Å²) in [5.74, 6) is -0.615. The van der Waals surface area contributed by atoms with Crippen LogP contribution in [0.1, 0.15) is 53.2 Å². The van der Waals surface area contributed by atoms with Crippen molar-refractivity contribution in [2.45, 2.75) is 45.6 Å². The lowest BCUT2D eigenvalue weighted by atomic mass is 9.87. The Kier molecular flexibility index (Phi) is 4.97. The third-order valence-corrected chi connectivity index (χ3v) is 5.07. The van der Waals surface area contributed by atoms with Gasteiger partial charge in [0.15, 0.2) is 11.4 Å². The van der Waals surface area contributed by atoms with E-state index in [2.05, 4.69) is 6.92 Å². The van der Waals surface area contributed by atoms with Crippen molar-refractivity contribution >= 4 is 17.4 Å². The van der Waals surface area contributed by atoms with Gasteiger partial charge in [-0.05, 0) is 31.9 Å². The van der Waals surface area contributed by atoms with Crippen LogP contribution < -0.4 is 4.90 Å². The van der Waals surface area contributed by atoms with Crippen LogP contribution in [0.5, 0.6) is 0 Å². The number of amides is 1. The number of nitrogens with zero attached hydrogens (tertiary/aromatic N) is 1. The van der Waals surface area contributed by atoms with E-state index in [1.165, 1.54) is 0 Å². The number of carbonyl (C=O) groups is 2. The van der Waals surface area contributed by atoms with Crippen molar-refractivity contribution in [3.63, 3.8) is 0 Å². The molecule has 136 valence electrons. The van der Waals surface area contributed by atoms with E-state index in [9.17, 15) is 14.7 Å². The van der Waals surface area contributed by atoms with Crippen molar-refractivity contribution in [3.8, 4) is 0 Å². The molecule has 4 nitrogen and oxygen atoms in total. The zero-order valence-electron chi connectivity index (χ0n) is 15.6. The number of benzene rings is 2. The average molecular weight is 351 g/mol. The van der Waals surface area contributed by atoms with Crippen molar-refractivity contribution in [2.24, 2.45) is 0 Å². The molecule has 0 radical (unpaired) electrons. The molecule has 1 atom stereocenters. The summed E-state index contributed by atoms with van der Waals surface area (Å²) in [5.41, 5.74) is 1.94. The first-order valence-corrected chi connectivity index (χ1v) is 9.12. The lowest BCUT2D eigenvalue weighted by Crippen LogP contribution is -2.42. The number of carbonyl (C=O) groups excluding carboxylic acids is 2. The first-order chi connectivity index (χ1) is 12.4. The molecule has 4 heteroatoms. The van der Waals surface area contributed by atoms with Crippen LogP contribution in [0.2, 0.25) is 0 Å². The second kappa shape index (κ2) is 7.04. The highest BCUT2D eigenvalue weighted by Crippen LogP contribution is 2.43. The van der Waals surface area contributed by atoms with Gasteiger partial charge in [-0.3, -0.25) is 9.59 Å². The fourth-order valence-electron chi connectivity index (χ4n) is 3.67. The predicted octanol–water partition coefficient (Wildman–Crippen LogP) is 3.91. The number of anilines is 1. The number of ketones is 1. The maximum Gasteiger partial charge on any atom is 0.264 e. The van der Waals surface area contributed by atoms with Gasteiger partial charge in [-0.1, -0.05) is 55.3 Å². The summed E-state index contributed by atoms with van der Waals surface area (Å²) in [6.07, 6.45) is 1.56. The summed E-state index contributed by atoms with van der Waals surface area (Å²) in [5, 5.41) is 11.2. The van der Waals surface area contributed by atoms with Crippen molar-refractivity contribution < 1.29 is 14.7 Å². The third kappa shape index (κ3) is 3.06. The second-order valence-corrected chi connectivity index (χ2v) is 7.11. The molecule has 0 spiro atoms. The molecule has 0 aromatic heterocycles. The molecule has 2 aromatic carbocycles. The molecule has 26 heavy (non-hydrogen) atoms. The van der Waals surface area contributed by atoms with Gasteiger partial charge in [0, 0.05) is 17.7 Å². The minimum Gasteiger partial charge on any atom is -0.375 e. The Morgan fingerprint density at radius 3 is 2.58 bits per heavy atom. The summed E-state index contributed by atoms with van der Waals surface area (Å²) in [6.45, 7) is 6.45. The molecule has 1 N–H and O–H groups in total.